The highest BCUT2D eigenvalue weighted by atomic mass is 16.5. The molecule has 1 aromatic rings. The Morgan fingerprint density at radius 2 is 2.00 bits per heavy atom. The number of methoxy groups -OCH3 is 1. The Morgan fingerprint density at radius 3 is 2.65 bits per heavy atom. The third kappa shape index (κ3) is 6.16. The third-order valence-corrected chi connectivity index (χ3v) is 4.25. The van der Waals surface area contributed by atoms with Crippen molar-refractivity contribution in [3.63, 3.8) is 0 Å². The second kappa shape index (κ2) is 9.48. The predicted molar refractivity (Wildman–Crippen MR) is 94.1 cm³/mol. The number of nitrogens with one attached hydrogen (secondary N) is 1. The Morgan fingerprint density at radius 1 is 1.30 bits per heavy atom. The molecule has 1 saturated heterocycles. The van der Waals surface area contributed by atoms with Crippen LogP contribution in [0.25, 0.3) is 6.08 Å². The van der Waals surface area contributed by atoms with E-state index >= 15 is 0 Å². The van der Waals surface area contributed by atoms with Crippen LogP contribution in [0.2, 0.25) is 0 Å². The monoisotopic (exact) mass is 316 g/mol. The third-order valence-electron chi connectivity index (χ3n) is 4.25. The van der Waals surface area contributed by atoms with Crippen LogP contribution >= 0.6 is 0 Å². The molecule has 0 spiro atoms. The minimum absolute atomic E-state index is 0.154. The summed E-state index contributed by atoms with van der Waals surface area (Å²) >= 11 is 0. The van der Waals surface area contributed by atoms with Gasteiger partial charge in [-0.1, -0.05) is 42.0 Å². The van der Waals surface area contributed by atoms with Gasteiger partial charge in [-0.25, -0.2) is 0 Å². The van der Waals surface area contributed by atoms with Gasteiger partial charge in [-0.05, 0) is 38.4 Å². The van der Waals surface area contributed by atoms with Crippen molar-refractivity contribution >= 4 is 12.0 Å². The summed E-state index contributed by atoms with van der Waals surface area (Å²) in [6.07, 6.45) is 4.12. The van der Waals surface area contributed by atoms with Gasteiger partial charge in [-0.3, -0.25) is 9.69 Å². The number of piperidine rings is 1. The van der Waals surface area contributed by atoms with E-state index in [9.17, 15) is 4.79 Å². The summed E-state index contributed by atoms with van der Waals surface area (Å²) in [4.78, 5) is 14.5. The lowest BCUT2D eigenvalue weighted by atomic mass is 9.95. The maximum Gasteiger partial charge on any atom is 0.223 e. The fraction of sp³-hybridized carbons (Fsp3) is 0.526. The molecule has 1 aromatic carbocycles. The van der Waals surface area contributed by atoms with Crippen LogP contribution in [0.4, 0.5) is 0 Å². The van der Waals surface area contributed by atoms with Crippen LogP contribution in [0, 0.1) is 5.92 Å². The molecule has 0 unspecified atom stereocenters. The Kier molecular flexibility index (Phi) is 7.30. The SMILES string of the molecule is COCCNC(=O)C1CCN(C/C(C)=C/c2ccccc2)CC1. The maximum absolute atomic E-state index is 12.0. The number of rotatable bonds is 7. The number of hydrogen-bond acceptors (Lipinski definition) is 3. The second-order valence-corrected chi connectivity index (χ2v) is 6.24. The van der Waals surface area contributed by atoms with Gasteiger partial charge in [0.1, 0.15) is 0 Å². The number of hydrogen-bond donors (Lipinski definition) is 1. The van der Waals surface area contributed by atoms with Crippen LogP contribution < -0.4 is 5.32 Å². The molecule has 0 atom stereocenters. The molecule has 0 aromatic heterocycles. The normalized spacial score (nSPS) is 17.2. The van der Waals surface area contributed by atoms with Crippen molar-refractivity contribution in [2.24, 2.45) is 5.92 Å². The van der Waals surface area contributed by atoms with E-state index in [1.807, 2.05) is 6.07 Å². The number of benzene rings is 1. The number of likely N-dealkylation sites (tertiary alicyclic amines) is 1. The lowest BCUT2D eigenvalue weighted by molar-refractivity contribution is -0.126. The van der Waals surface area contributed by atoms with Crippen molar-refractivity contribution in [1.29, 1.82) is 0 Å². The Hall–Kier alpha value is -1.65. The highest BCUT2D eigenvalue weighted by molar-refractivity contribution is 5.78. The lowest BCUT2D eigenvalue weighted by Crippen LogP contribution is -2.41. The summed E-state index contributed by atoms with van der Waals surface area (Å²) in [7, 11) is 1.65. The number of carbonyl (C=O) groups is 1. The van der Waals surface area contributed by atoms with Gasteiger partial charge in [0.2, 0.25) is 5.91 Å². The summed E-state index contributed by atoms with van der Waals surface area (Å²) in [5, 5.41) is 2.95. The molecule has 1 fully saturated rings. The first-order chi connectivity index (χ1) is 11.2. The van der Waals surface area contributed by atoms with E-state index in [4.69, 9.17) is 4.74 Å². The van der Waals surface area contributed by atoms with Gasteiger partial charge in [0.15, 0.2) is 0 Å². The zero-order chi connectivity index (χ0) is 16.5. The van der Waals surface area contributed by atoms with Crippen molar-refractivity contribution < 1.29 is 9.53 Å². The molecule has 126 valence electrons. The minimum Gasteiger partial charge on any atom is -0.383 e. The number of nitrogens with zero attached hydrogens (tertiary/aromatic N) is 1. The fourth-order valence-electron chi connectivity index (χ4n) is 3.01. The van der Waals surface area contributed by atoms with Gasteiger partial charge in [-0.2, -0.15) is 0 Å². The van der Waals surface area contributed by atoms with Crippen molar-refractivity contribution in [2.75, 3.05) is 39.9 Å². The Balaban J connectivity index is 1.74. The smallest absolute Gasteiger partial charge is 0.223 e. The minimum atomic E-state index is 0.154. The molecule has 0 saturated carbocycles. The summed E-state index contributed by atoms with van der Waals surface area (Å²) in [6, 6.07) is 10.4. The van der Waals surface area contributed by atoms with Crippen LogP contribution in [0.3, 0.4) is 0 Å². The molecule has 1 amide bonds. The molecule has 0 aliphatic carbocycles. The van der Waals surface area contributed by atoms with E-state index in [-0.39, 0.29) is 11.8 Å². The van der Waals surface area contributed by atoms with Gasteiger partial charge in [0.25, 0.3) is 0 Å². The molecule has 1 aliphatic rings. The van der Waals surface area contributed by atoms with Crippen LogP contribution in [-0.2, 0) is 9.53 Å². The lowest BCUT2D eigenvalue weighted by Gasteiger charge is -2.31. The van der Waals surface area contributed by atoms with E-state index in [1.54, 1.807) is 7.11 Å². The molecular formula is C19H28N2O2. The van der Waals surface area contributed by atoms with Crippen molar-refractivity contribution in [1.82, 2.24) is 10.2 Å². The number of ether oxygens (including phenoxy) is 1. The molecule has 0 radical (unpaired) electrons. The van der Waals surface area contributed by atoms with Crippen molar-refractivity contribution in [3.05, 3.63) is 41.5 Å². The first kappa shape index (κ1) is 17.7. The molecule has 4 heteroatoms. The highest BCUT2D eigenvalue weighted by Crippen LogP contribution is 2.18. The predicted octanol–water partition coefficient (Wildman–Crippen LogP) is 2.56. The number of amides is 1. The van der Waals surface area contributed by atoms with Gasteiger partial charge >= 0.3 is 0 Å². The average molecular weight is 316 g/mol. The first-order valence-corrected chi connectivity index (χ1v) is 8.40. The van der Waals surface area contributed by atoms with E-state index in [2.05, 4.69) is 47.5 Å². The summed E-state index contributed by atoms with van der Waals surface area (Å²) < 4.78 is 4.96. The number of carbonyl (C=O) groups excluding carboxylic acids is 1. The van der Waals surface area contributed by atoms with E-state index < -0.39 is 0 Å². The van der Waals surface area contributed by atoms with Crippen LogP contribution in [0.1, 0.15) is 25.3 Å². The van der Waals surface area contributed by atoms with Crippen LogP contribution in [-0.4, -0.2) is 50.7 Å². The largest absolute Gasteiger partial charge is 0.383 e. The van der Waals surface area contributed by atoms with Crippen molar-refractivity contribution in [2.45, 2.75) is 19.8 Å². The Bertz CT molecular complexity index is 505. The van der Waals surface area contributed by atoms with Crippen LogP contribution in [0.15, 0.2) is 35.9 Å². The summed E-state index contributed by atoms with van der Waals surface area (Å²) in [6.45, 7) is 6.32. The Labute approximate surface area is 139 Å². The summed E-state index contributed by atoms with van der Waals surface area (Å²) in [5.41, 5.74) is 2.61. The van der Waals surface area contributed by atoms with Gasteiger partial charge < -0.3 is 10.1 Å². The van der Waals surface area contributed by atoms with E-state index in [0.29, 0.717) is 13.2 Å². The van der Waals surface area contributed by atoms with E-state index in [1.165, 1.54) is 11.1 Å². The van der Waals surface area contributed by atoms with Gasteiger partial charge in [0, 0.05) is 26.1 Å². The maximum atomic E-state index is 12.0. The van der Waals surface area contributed by atoms with Gasteiger partial charge in [0.05, 0.1) is 6.61 Å². The van der Waals surface area contributed by atoms with Crippen molar-refractivity contribution in [3.8, 4) is 0 Å². The fourth-order valence-corrected chi connectivity index (χ4v) is 3.01. The highest BCUT2D eigenvalue weighted by Gasteiger charge is 2.24. The first-order valence-electron chi connectivity index (χ1n) is 8.40. The zero-order valence-electron chi connectivity index (χ0n) is 14.3. The molecule has 0 bridgehead atoms. The second-order valence-electron chi connectivity index (χ2n) is 6.24. The van der Waals surface area contributed by atoms with E-state index in [0.717, 1.165) is 32.5 Å². The molecule has 1 heterocycles. The van der Waals surface area contributed by atoms with Gasteiger partial charge in [-0.15, -0.1) is 0 Å². The molecule has 1 N–H and O–H groups in total. The van der Waals surface area contributed by atoms with Crippen LogP contribution in [0.5, 0.6) is 0 Å². The quantitative estimate of drug-likeness (QED) is 0.786. The molecule has 23 heavy (non-hydrogen) atoms. The topological polar surface area (TPSA) is 41.6 Å². The molecule has 4 nitrogen and oxygen atoms in total. The average Bonchev–Trinajstić information content (AvgIpc) is 2.56. The standard InChI is InChI=1S/C19H28N2O2/c1-16(14-17-6-4-3-5-7-17)15-21-11-8-18(9-12-21)19(22)20-10-13-23-2/h3-7,14,18H,8-13,15H2,1-2H3,(H,20,22)/b16-14+. The summed E-state index contributed by atoms with van der Waals surface area (Å²) in [5.74, 6) is 0.333. The molecule has 2 rings (SSSR count). The molecule has 1 aliphatic heterocycles. The zero-order valence-corrected chi connectivity index (χ0v) is 14.3. The molecular weight excluding hydrogens is 288 g/mol.